The third-order valence-electron chi connectivity index (χ3n) is 5.90. The minimum absolute atomic E-state index is 0.166. The first-order chi connectivity index (χ1) is 15.1. The van der Waals surface area contributed by atoms with Crippen LogP contribution >= 0.6 is 0 Å². The van der Waals surface area contributed by atoms with Crippen LogP contribution in [0.5, 0.6) is 5.75 Å². The molecule has 1 aliphatic heterocycles. The van der Waals surface area contributed by atoms with E-state index in [1.54, 1.807) is 7.11 Å². The Morgan fingerprint density at radius 2 is 1.71 bits per heavy atom. The number of para-hydroxylation sites is 1. The first-order valence-electron chi connectivity index (χ1n) is 11.1. The Morgan fingerprint density at radius 3 is 2.35 bits per heavy atom. The molecular formula is C25H37N5O. The minimum atomic E-state index is 0.166. The highest BCUT2D eigenvalue weighted by atomic mass is 16.5. The number of hydrogen-bond acceptors (Lipinski definition) is 4. The lowest BCUT2D eigenvalue weighted by Crippen LogP contribution is -2.41. The van der Waals surface area contributed by atoms with Crippen molar-refractivity contribution < 1.29 is 4.74 Å². The Labute approximate surface area is 187 Å². The summed E-state index contributed by atoms with van der Waals surface area (Å²) in [6.45, 7) is 4.99. The number of nitrogens with zero attached hydrogens (tertiary/aromatic N) is 3. The number of hydrogen-bond donors (Lipinski definition) is 2. The molecule has 1 atom stereocenters. The van der Waals surface area contributed by atoms with Crippen LogP contribution in [0.3, 0.4) is 0 Å². The summed E-state index contributed by atoms with van der Waals surface area (Å²) in [5.41, 5.74) is 3.80. The van der Waals surface area contributed by atoms with E-state index >= 15 is 0 Å². The SMILES string of the molecule is CN=C(NCc1ccc(CN2CCCC2)cc1)NCC(c1ccccc1OC)N(C)C. The highest BCUT2D eigenvalue weighted by molar-refractivity contribution is 5.79. The van der Waals surface area contributed by atoms with Gasteiger partial charge in [0.1, 0.15) is 5.75 Å². The fraction of sp³-hybridized carbons (Fsp3) is 0.480. The van der Waals surface area contributed by atoms with E-state index < -0.39 is 0 Å². The van der Waals surface area contributed by atoms with Crippen LogP contribution in [0.4, 0.5) is 0 Å². The van der Waals surface area contributed by atoms with E-state index in [1.165, 1.54) is 37.1 Å². The Balaban J connectivity index is 1.52. The molecule has 1 unspecified atom stereocenters. The van der Waals surface area contributed by atoms with Gasteiger partial charge >= 0.3 is 0 Å². The van der Waals surface area contributed by atoms with Gasteiger partial charge in [0.05, 0.1) is 13.2 Å². The number of aliphatic imine (C=N–C) groups is 1. The molecule has 0 amide bonds. The van der Waals surface area contributed by atoms with E-state index in [-0.39, 0.29) is 6.04 Å². The summed E-state index contributed by atoms with van der Waals surface area (Å²) in [5, 5.41) is 6.90. The first kappa shape index (κ1) is 23.1. The third kappa shape index (κ3) is 6.71. The molecule has 1 saturated heterocycles. The quantitative estimate of drug-likeness (QED) is 0.479. The molecule has 6 heteroatoms. The summed E-state index contributed by atoms with van der Waals surface area (Å²) in [7, 11) is 7.69. The Morgan fingerprint density at radius 1 is 1.03 bits per heavy atom. The fourth-order valence-electron chi connectivity index (χ4n) is 4.07. The number of rotatable bonds is 9. The second-order valence-corrected chi connectivity index (χ2v) is 8.33. The molecule has 2 aromatic rings. The van der Waals surface area contributed by atoms with Gasteiger partial charge in [0.25, 0.3) is 0 Å². The molecule has 0 saturated carbocycles. The molecule has 1 heterocycles. The average molecular weight is 424 g/mol. The number of likely N-dealkylation sites (N-methyl/N-ethyl adjacent to an activating group) is 1. The lowest BCUT2D eigenvalue weighted by molar-refractivity contribution is 0.287. The van der Waals surface area contributed by atoms with Gasteiger partial charge in [-0.2, -0.15) is 0 Å². The van der Waals surface area contributed by atoms with Crippen LogP contribution in [0.25, 0.3) is 0 Å². The zero-order chi connectivity index (χ0) is 22.1. The zero-order valence-corrected chi connectivity index (χ0v) is 19.4. The minimum Gasteiger partial charge on any atom is -0.496 e. The summed E-state index contributed by atoms with van der Waals surface area (Å²) < 4.78 is 5.56. The summed E-state index contributed by atoms with van der Waals surface area (Å²) in [5.74, 6) is 1.70. The van der Waals surface area contributed by atoms with E-state index in [0.717, 1.165) is 36.9 Å². The Kier molecular flexibility index (Phi) is 8.74. The largest absolute Gasteiger partial charge is 0.496 e. The summed E-state index contributed by atoms with van der Waals surface area (Å²) >= 11 is 0. The van der Waals surface area contributed by atoms with Gasteiger partial charge in [0.2, 0.25) is 0 Å². The number of ether oxygens (including phenoxy) is 1. The Hall–Kier alpha value is -2.57. The topological polar surface area (TPSA) is 52.1 Å². The molecule has 0 aromatic heterocycles. The zero-order valence-electron chi connectivity index (χ0n) is 19.4. The predicted molar refractivity (Wildman–Crippen MR) is 129 cm³/mol. The van der Waals surface area contributed by atoms with Crippen molar-refractivity contribution in [2.75, 3.05) is 47.9 Å². The van der Waals surface area contributed by atoms with Crippen LogP contribution in [0, 0.1) is 0 Å². The van der Waals surface area contributed by atoms with Crippen LogP contribution in [0.2, 0.25) is 0 Å². The average Bonchev–Trinajstić information content (AvgIpc) is 3.30. The van der Waals surface area contributed by atoms with Crippen molar-refractivity contribution in [2.24, 2.45) is 4.99 Å². The highest BCUT2D eigenvalue weighted by Crippen LogP contribution is 2.27. The lowest BCUT2D eigenvalue weighted by Gasteiger charge is -2.27. The fourth-order valence-corrected chi connectivity index (χ4v) is 4.07. The molecule has 0 bridgehead atoms. The van der Waals surface area contributed by atoms with Crippen LogP contribution in [-0.4, -0.2) is 63.6 Å². The molecule has 2 aromatic carbocycles. The van der Waals surface area contributed by atoms with Gasteiger partial charge in [-0.15, -0.1) is 0 Å². The van der Waals surface area contributed by atoms with E-state index in [2.05, 4.69) is 75.9 Å². The van der Waals surface area contributed by atoms with Gasteiger partial charge in [-0.3, -0.25) is 9.89 Å². The van der Waals surface area contributed by atoms with Gasteiger partial charge in [-0.1, -0.05) is 42.5 Å². The molecular weight excluding hydrogens is 386 g/mol. The maximum absolute atomic E-state index is 5.56. The monoisotopic (exact) mass is 423 g/mol. The number of methoxy groups -OCH3 is 1. The first-order valence-corrected chi connectivity index (χ1v) is 11.1. The van der Waals surface area contributed by atoms with Gasteiger partial charge in [0.15, 0.2) is 5.96 Å². The maximum atomic E-state index is 5.56. The molecule has 0 spiro atoms. The second-order valence-electron chi connectivity index (χ2n) is 8.33. The molecule has 168 valence electrons. The standard InChI is InChI=1S/C25H37N5O/c1-26-25(28-18-23(29(2)3)22-9-5-6-10-24(22)31-4)27-17-20-11-13-21(14-12-20)19-30-15-7-8-16-30/h5-6,9-14,23H,7-8,15-19H2,1-4H3,(H2,26,27,28). The van der Waals surface area contributed by atoms with Crippen molar-refractivity contribution in [3.05, 3.63) is 65.2 Å². The molecule has 1 fully saturated rings. The van der Waals surface area contributed by atoms with E-state index in [9.17, 15) is 0 Å². The van der Waals surface area contributed by atoms with Crippen molar-refractivity contribution in [3.63, 3.8) is 0 Å². The number of likely N-dealkylation sites (tertiary alicyclic amines) is 1. The smallest absolute Gasteiger partial charge is 0.191 e. The molecule has 0 aliphatic carbocycles. The summed E-state index contributed by atoms with van der Waals surface area (Å²) in [6.07, 6.45) is 2.67. The van der Waals surface area contributed by atoms with E-state index in [4.69, 9.17) is 4.74 Å². The molecule has 6 nitrogen and oxygen atoms in total. The van der Waals surface area contributed by atoms with E-state index in [0.29, 0.717) is 0 Å². The Bertz CT molecular complexity index is 828. The lowest BCUT2D eigenvalue weighted by atomic mass is 10.0. The van der Waals surface area contributed by atoms with Crippen LogP contribution < -0.4 is 15.4 Å². The highest BCUT2D eigenvalue weighted by Gasteiger charge is 2.18. The van der Waals surface area contributed by atoms with Gasteiger partial charge in [-0.05, 0) is 57.2 Å². The third-order valence-corrected chi connectivity index (χ3v) is 5.90. The van der Waals surface area contributed by atoms with Gasteiger partial charge < -0.3 is 20.3 Å². The predicted octanol–water partition coefficient (Wildman–Crippen LogP) is 3.26. The van der Waals surface area contributed by atoms with E-state index in [1.807, 2.05) is 19.2 Å². The van der Waals surface area contributed by atoms with Crippen molar-refractivity contribution >= 4 is 5.96 Å². The molecule has 1 aliphatic rings. The summed E-state index contributed by atoms with van der Waals surface area (Å²) in [4.78, 5) is 9.12. The van der Waals surface area contributed by atoms with Crippen molar-refractivity contribution in [1.82, 2.24) is 20.4 Å². The molecule has 2 N–H and O–H groups in total. The van der Waals surface area contributed by atoms with Crippen molar-refractivity contribution in [1.29, 1.82) is 0 Å². The maximum Gasteiger partial charge on any atom is 0.191 e. The van der Waals surface area contributed by atoms with Crippen molar-refractivity contribution in [2.45, 2.75) is 32.0 Å². The van der Waals surface area contributed by atoms with Gasteiger partial charge in [0, 0.05) is 32.2 Å². The van der Waals surface area contributed by atoms with Crippen molar-refractivity contribution in [3.8, 4) is 5.75 Å². The van der Waals surface area contributed by atoms with Crippen LogP contribution in [0.15, 0.2) is 53.5 Å². The molecule has 3 rings (SSSR count). The number of benzene rings is 2. The van der Waals surface area contributed by atoms with Crippen LogP contribution in [-0.2, 0) is 13.1 Å². The number of nitrogens with one attached hydrogen (secondary N) is 2. The van der Waals surface area contributed by atoms with Gasteiger partial charge in [-0.25, -0.2) is 0 Å². The number of guanidine groups is 1. The second kappa shape index (κ2) is 11.7. The molecule has 0 radical (unpaired) electrons. The summed E-state index contributed by atoms with van der Waals surface area (Å²) in [6, 6.07) is 17.3. The molecule has 31 heavy (non-hydrogen) atoms. The normalized spacial score (nSPS) is 15.8. The van der Waals surface area contributed by atoms with Crippen LogP contribution in [0.1, 0.15) is 35.6 Å².